The minimum Gasteiger partial charge on any atom is -0.295 e. The van der Waals surface area contributed by atoms with Crippen molar-refractivity contribution < 1.29 is 0 Å². The molecule has 1 aliphatic rings. The lowest BCUT2D eigenvalue weighted by Gasteiger charge is -2.21. The van der Waals surface area contributed by atoms with E-state index < -0.39 is 0 Å². The fourth-order valence-electron chi connectivity index (χ4n) is 4.41. The van der Waals surface area contributed by atoms with Crippen molar-refractivity contribution in [3.05, 3.63) is 58.5 Å². The van der Waals surface area contributed by atoms with Crippen LogP contribution in [-0.2, 0) is 13.6 Å². The Balaban J connectivity index is 1.70. The Morgan fingerprint density at radius 1 is 1.07 bits per heavy atom. The van der Waals surface area contributed by atoms with Crippen LogP contribution in [0.2, 0.25) is 0 Å². The molecule has 4 heteroatoms. The van der Waals surface area contributed by atoms with Gasteiger partial charge in [-0.2, -0.15) is 5.26 Å². The van der Waals surface area contributed by atoms with E-state index in [-0.39, 0.29) is 5.69 Å². The Kier molecular flexibility index (Phi) is 4.85. The number of hydrogen-bond donors (Lipinski definition) is 0. The van der Waals surface area contributed by atoms with Crippen molar-refractivity contribution >= 4 is 11.0 Å². The molecule has 1 aliphatic carbocycles. The summed E-state index contributed by atoms with van der Waals surface area (Å²) in [5.74, 6) is 0.752. The molecule has 0 amide bonds. The van der Waals surface area contributed by atoms with Gasteiger partial charge in [0.1, 0.15) is 0 Å². The molecule has 1 aromatic heterocycles. The number of fused-ring (bicyclic) bond motifs is 1. The van der Waals surface area contributed by atoms with Crippen molar-refractivity contribution in [1.82, 2.24) is 9.13 Å². The van der Waals surface area contributed by atoms with Gasteiger partial charge in [0.05, 0.1) is 22.7 Å². The van der Waals surface area contributed by atoms with Crippen LogP contribution in [-0.4, -0.2) is 9.13 Å². The predicted molar refractivity (Wildman–Crippen MR) is 109 cm³/mol. The van der Waals surface area contributed by atoms with Gasteiger partial charge in [-0.15, -0.1) is 0 Å². The van der Waals surface area contributed by atoms with E-state index in [1.807, 2.05) is 54.1 Å². The average molecular weight is 359 g/mol. The first-order chi connectivity index (χ1) is 13.2. The van der Waals surface area contributed by atoms with Crippen LogP contribution in [0.25, 0.3) is 22.2 Å². The van der Waals surface area contributed by atoms with Crippen LogP contribution < -0.4 is 5.69 Å². The van der Waals surface area contributed by atoms with Crippen LogP contribution in [0, 0.1) is 17.2 Å². The highest BCUT2D eigenvalue weighted by molar-refractivity contribution is 5.84. The molecule has 0 bridgehead atoms. The zero-order chi connectivity index (χ0) is 18.8. The largest absolute Gasteiger partial charge is 0.328 e. The second-order valence-electron chi connectivity index (χ2n) is 7.65. The van der Waals surface area contributed by atoms with Gasteiger partial charge in [-0.1, -0.05) is 56.4 Å². The van der Waals surface area contributed by atoms with Crippen molar-refractivity contribution in [2.75, 3.05) is 0 Å². The lowest BCUT2D eigenvalue weighted by atomic mass is 9.87. The molecular weight excluding hydrogens is 334 g/mol. The second-order valence-corrected chi connectivity index (χ2v) is 7.65. The van der Waals surface area contributed by atoms with Gasteiger partial charge in [-0.25, -0.2) is 4.79 Å². The van der Waals surface area contributed by atoms with Crippen LogP contribution in [0.5, 0.6) is 0 Å². The van der Waals surface area contributed by atoms with Gasteiger partial charge in [-0.05, 0) is 41.7 Å². The van der Waals surface area contributed by atoms with E-state index in [9.17, 15) is 10.1 Å². The zero-order valence-corrected chi connectivity index (χ0v) is 15.8. The van der Waals surface area contributed by atoms with Gasteiger partial charge in [-0.3, -0.25) is 9.13 Å². The SMILES string of the molecule is Cn1c(=O)n(CCC2CCCCC2)c2ccc(-c3ccccc3C#N)cc21. The van der Waals surface area contributed by atoms with Gasteiger partial charge in [0.25, 0.3) is 0 Å². The van der Waals surface area contributed by atoms with Crippen LogP contribution in [0.4, 0.5) is 0 Å². The molecular formula is C23H25N3O. The maximum Gasteiger partial charge on any atom is 0.328 e. The van der Waals surface area contributed by atoms with Crippen LogP contribution >= 0.6 is 0 Å². The van der Waals surface area contributed by atoms with E-state index in [0.717, 1.165) is 41.0 Å². The fraction of sp³-hybridized carbons (Fsp3) is 0.391. The molecule has 0 aliphatic heterocycles. The second kappa shape index (κ2) is 7.44. The van der Waals surface area contributed by atoms with Crippen LogP contribution in [0.15, 0.2) is 47.3 Å². The molecule has 0 N–H and O–H groups in total. The first-order valence-corrected chi connectivity index (χ1v) is 9.88. The first kappa shape index (κ1) is 17.6. The number of rotatable bonds is 4. The van der Waals surface area contributed by atoms with Crippen LogP contribution in [0.3, 0.4) is 0 Å². The monoisotopic (exact) mass is 359 g/mol. The third kappa shape index (κ3) is 3.30. The predicted octanol–water partition coefficient (Wildman–Crippen LogP) is 4.85. The van der Waals surface area contributed by atoms with Crippen LogP contribution in [0.1, 0.15) is 44.1 Å². The summed E-state index contributed by atoms with van der Waals surface area (Å²) in [5, 5.41) is 9.38. The van der Waals surface area contributed by atoms with Crippen molar-refractivity contribution in [3.63, 3.8) is 0 Å². The summed E-state index contributed by atoms with van der Waals surface area (Å²) in [6.45, 7) is 0.787. The molecule has 1 heterocycles. The van der Waals surface area contributed by atoms with E-state index in [0.29, 0.717) is 5.56 Å². The van der Waals surface area contributed by atoms with Gasteiger partial charge >= 0.3 is 5.69 Å². The summed E-state index contributed by atoms with van der Waals surface area (Å²) in [5.41, 5.74) is 4.49. The highest BCUT2D eigenvalue weighted by Gasteiger charge is 2.17. The molecule has 4 rings (SSSR count). The fourth-order valence-corrected chi connectivity index (χ4v) is 4.41. The van der Waals surface area contributed by atoms with Gasteiger partial charge < -0.3 is 0 Å². The molecule has 1 fully saturated rings. The number of imidazole rings is 1. The minimum absolute atomic E-state index is 0.0477. The Morgan fingerprint density at radius 3 is 2.63 bits per heavy atom. The first-order valence-electron chi connectivity index (χ1n) is 9.88. The molecule has 0 atom stereocenters. The highest BCUT2D eigenvalue weighted by Crippen LogP contribution is 2.29. The number of nitrogens with zero attached hydrogens (tertiary/aromatic N) is 3. The zero-order valence-electron chi connectivity index (χ0n) is 15.8. The number of nitriles is 1. The number of benzene rings is 2. The molecule has 0 unspecified atom stereocenters. The minimum atomic E-state index is 0.0477. The normalized spacial score (nSPS) is 15.1. The van der Waals surface area contributed by atoms with Gasteiger partial charge in [0, 0.05) is 13.6 Å². The van der Waals surface area contributed by atoms with E-state index in [4.69, 9.17) is 0 Å². The Morgan fingerprint density at radius 2 is 1.85 bits per heavy atom. The summed E-state index contributed by atoms with van der Waals surface area (Å²) in [4.78, 5) is 12.8. The van der Waals surface area contributed by atoms with E-state index in [2.05, 4.69) is 6.07 Å². The topological polar surface area (TPSA) is 50.7 Å². The maximum atomic E-state index is 12.8. The van der Waals surface area contributed by atoms with Gasteiger partial charge in [0.2, 0.25) is 0 Å². The van der Waals surface area contributed by atoms with E-state index in [1.165, 1.54) is 32.1 Å². The third-order valence-corrected chi connectivity index (χ3v) is 5.99. The van der Waals surface area contributed by atoms with Gasteiger partial charge in [0.15, 0.2) is 0 Å². The molecule has 4 nitrogen and oxygen atoms in total. The Hall–Kier alpha value is -2.80. The Bertz CT molecular complexity index is 1060. The number of hydrogen-bond acceptors (Lipinski definition) is 2. The summed E-state index contributed by atoms with van der Waals surface area (Å²) in [7, 11) is 1.84. The van der Waals surface area contributed by atoms with Crippen molar-refractivity contribution in [1.29, 1.82) is 5.26 Å². The third-order valence-electron chi connectivity index (χ3n) is 5.99. The molecule has 0 saturated heterocycles. The maximum absolute atomic E-state index is 12.8. The molecule has 1 saturated carbocycles. The highest BCUT2D eigenvalue weighted by atomic mass is 16.1. The number of aromatic nitrogens is 2. The van der Waals surface area contributed by atoms with E-state index in [1.54, 1.807) is 4.57 Å². The summed E-state index contributed by atoms with van der Waals surface area (Å²) >= 11 is 0. The lowest BCUT2D eigenvalue weighted by molar-refractivity contribution is 0.324. The average Bonchev–Trinajstić information content (AvgIpc) is 2.97. The van der Waals surface area contributed by atoms with E-state index >= 15 is 0 Å². The van der Waals surface area contributed by atoms with Crippen molar-refractivity contribution in [2.45, 2.75) is 45.1 Å². The molecule has 2 aromatic carbocycles. The molecule has 138 valence electrons. The molecule has 27 heavy (non-hydrogen) atoms. The Labute approximate surface area is 159 Å². The molecule has 0 spiro atoms. The molecule has 0 radical (unpaired) electrons. The lowest BCUT2D eigenvalue weighted by Crippen LogP contribution is -2.23. The summed E-state index contributed by atoms with van der Waals surface area (Å²) in [6.07, 6.45) is 7.70. The number of aryl methyl sites for hydroxylation is 2. The standard InChI is InChI=1S/C23H25N3O/c1-25-22-15-18(20-10-6-5-9-19(20)16-24)11-12-21(22)26(23(25)27)14-13-17-7-3-2-4-8-17/h5-6,9-12,15,17H,2-4,7-8,13-14H2,1H3. The quantitative estimate of drug-likeness (QED) is 0.669. The smallest absolute Gasteiger partial charge is 0.295 e. The summed E-state index contributed by atoms with van der Waals surface area (Å²) < 4.78 is 3.65. The summed E-state index contributed by atoms with van der Waals surface area (Å²) in [6, 6.07) is 15.9. The van der Waals surface area contributed by atoms with Crippen molar-refractivity contribution in [3.8, 4) is 17.2 Å². The molecule has 3 aromatic rings. The van der Waals surface area contributed by atoms with Crippen molar-refractivity contribution in [2.24, 2.45) is 13.0 Å².